The summed E-state index contributed by atoms with van der Waals surface area (Å²) in [6.45, 7) is 0. The van der Waals surface area contributed by atoms with E-state index in [0.717, 1.165) is 5.39 Å². The lowest BCUT2D eigenvalue weighted by atomic mass is 10.1. The van der Waals surface area contributed by atoms with Crippen LogP contribution in [0.5, 0.6) is 11.5 Å². The highest BCUT2D eigenvalue weighted by atomic mass is 16.5. The summed E-state index contributed by atoms with van der Waals surface area (Å²) in [6, 6.07) is 8.19. The van der Waals surface area contributed by atoms with Gasteiger partial charge >= 0.3 is 6.09 Å². The predicted octanol–water partition coefficient (Wildman–Crippen LogP) is 2.64. The second-order valence-electron chi connectivity index (χ2n) is 3.48. The Morgan fingerprint density at radius 1 is 1.29 bits per heavy atom. The van der Waals surface area contributed by atoms with Crippen molar-refractivity contribution in [2.24, 2.45) is 0 Å². The van der Waals surface area contributed by atoms with Crippen molar-refractivity contribution in [2.45, 2.75) is 0 Å². The first kappa shape index (κ1) is 11.1. The van der Waals surface area contributed by atoms with Gasteiger partial charge in [0.05, 0.1) is 12.8 Å². The first-order valence-corrected chi connectivity index (χ1v) is 4.91. The SMILES string of the molecule is COc1c(NC(=O)O)ccc2ccc(O)cc12. The number of amides is 1. The van der Waals surface area contributed by atoms with Gasteiger partial charge in [-0.15, -0.1) is 0 Å². The maximum atomic E-state index is 10.6. The van der Waals surface area contributed by atoms with E-state index in [1.165, 1.54) is 13.2 Å². The molecule has 0 aliphatic rings. The number of anilines is 1. The molecule has 2 aromatic carbocycles. The number of hydrogen-bond donors (Lipinski definition) is 3. The van der Waals surface area contributed by atoms with Crippen LogP contribution in [0, 0.1) is 0 Å². The Bertz CT molecular complexity index is 580. The second-order valence-corrected chi connectivity index (χ2v) is 3.48. The van der Waals surface area contributed by atoms with Crippen LogP contribution in [0.15, 0.2) is 30.3 Å². The van der Waals surface area contributed by atoms with Crippen molar-refractivity contribution in [1.29, 1.82) is 0 Å². The van der Waals surface area contributed by atoms with Gasteiger partial charge in [0.15, 0.2) is 0 Å². The third kappa shape index (κ3) is 2.08. The zero-order chi connectivity index (χ0) is 12.4. The molecule has 3 N–H and O–H groups in total. The monoisotopic (exact) mass is 233 g/mol. The molecule has 0 aromatic heterocycles. The molecule has 0 bridgehead atoms. The zero-order valence-electron chi connectivity index (χ0n) is 9.10. The molecule has 0 spiro atoms. The topological polar surface area (TPSA) is 78.8 Å². The van der Waals surface area contributed by atoms with Gasteiger partial charge in [-0.3, -0.25) is 5.32 Å². The summed E-state index contributed by atoms with van der Waals surface area (Å²) in [7, 11) is 1.45. The molecule has 17 heavy (non-hydrogen) atoms. The van der Waals surface area contributed by atoms with E-state index in [1.807, 2.05) is 0 Å². The van der Waals surface area contributed by atoms with Gasteiger partial charge in [0.1, 0.15) is 11.5 Å². The van der Waals surface area contributed by atoms with E-state index in [-0.39, 0.29) is 5.75 Å². The third-order valence-corrected chi connectivity index (χ3v) is 2.40. The largest absolute Gasteiger partial charge is 0.508 e. The summed E-state index contributed by atoms with van der Waals surface area (Å²) in [6.07, 6.45) is -1.16. The first-order valence-electron chi connectivity index (χ1n) is 4.91. The minimum atomic E-state index is -1.16. The highest BCUT2D eigenvalue weighted by Crippen LogP contribution is 2.35. The molecule has 5 nitrogen and oxygen atoms in total. The maximum Gasteiger partial charge on any atom is 0.409 e. The van der Waals surface area contributed by atoms with Gasteiger partial charge in [-0.2, -0.15) is 0 Å². The molecule has 0 aliphatic heterocycles. The molecule has 0 heterocycles. The zero-order valence-corrected chi connectivity index (χ0v) is 9.10. The molecule has 0 saturated heterocycles. The van der Waals surface area contributed by atoms with Crippen molar-refractivity contribution < 1.29 is 19.7 Å². The molecule has 0 radical (unpaired) electrons. The van der Waals surface area contributed by atoms with Gasteiger partial charge < -0.3 is 14.9 Å². The number of methoxy groups -OCH3 is 1. The highest BCUT2D eigenvalue weighted by molar-refractivity contribution is 5.97. The summed E-state index contributed by atoms with van der Waals surface area (Å²) in [4.78, 5) is 10.6. The van der Waals surface area contributed by atoms with Gasteiger partial charge in [0.25, 0.3) is 0 Å². The van der Waals surface area contributed by atoms with Crippen molar-refractivity contribution in [3.63, 3.8) is 0 Å². The summed E-state index contributed by atoms with van der Waals surface area (Å²) in [5, 5.41) is 21.9. The molecule has 5 heteroatoms. The Balaban J connectivity index is 2.66. The van der Waals surface area contributed by atoms with Crippen molar-refractivity contribution >= 4 is 22.6 Å². The number of fused-ring (bicyclic) bond motifs is 1. The standard InChI is InChI=1S/C12H11NO4/c1-17-11-9-6-8(14)4-2-7(9)3-5-10(11)13-12(15)16/h2-6,13-14H,1H3,(H,15,16). The molecular formula is C12H11NO4. The van der Waals surface area contributed by atoms with E-state index in [9.17, 15) is 9.90 Å². The average molecular weight is 233 g/mol. The van der Waals surface area contributed by atoms with Crippen LogP contribution < -0.4 is 10.1 Å². The van der Waals surface area contributed by atoms with E-state index in [4.69, 9.17) is 9.84 Å². The van der Waals surface area contributed by atoms with Gasteiger partial charge in [0, 0.05) is 5.39 Å². The van der Waals surface area contributed by atoms with Gasteiger partial charge in [-0.05, 0) is 23.6 Å². The summed E-state index contributed by atoms with van der Waals surface area (Å²) >= 11 is 0. The fourth-order valence-electron chi connectivity index (χ4n) is 1.71. The fraction of sp³-hybridized carbons (Fsp3) is 0.0833. The normalized spacial score (nSPS) is 10.2. The number of hydrogen-bond acceptors (Lipinski definition) is 3. The number of phenolic OH excluding ortho intramolecular Hbond substituents is 1. The number of benzene rings is 2. The minimum Gasteiger partial charge on any atom is -0.508 e. The Morgan fingerprint density at radius 2 is 2.00 bits per heavy atom. The van der Waals surface area contributed by atoms with Gasteiger partial charge in [-0.25, -0.2) is 4.79 Å². The average Bonchev–Trinajstić information content (AvgIpc) is 2.28. The highest BCUT2D eigenvalue weighted by Gasteiger charge is 2.10. The molecule has 88 valence electrons. The van der Waals surface area contributed by atoms with E-state index < -0.39 is 6.09 Å². The number of phenols is 1. The lowest BCUT2D eigenvalue weighted by Crippen LogP contribution is -2.08. The Hall–Kier alpha value is -2.43. The predicted molar refractivity (Wildman–Crippen MR) is 63.8 cm³/mol. The minimum absolute atomic E-state index is 0.100. The molecular weight excluding hydrogens is 222 g/mol. The number of nitrogens with one attached hydrogen (secondary N) is 1. The smallest absolute Gasteiger partial charge is 0.409 e. The molecule has 0 unspecified atom stereocenters. The molecule has 0 atom stereocenters. The first-order chi connectivity index (χ1) is 8.11. The summed E-state index contributed by atoms with van der Waals surface area (Å²) in [5.74, 6) is 0.490. The molecule has 2 rings (SSSR count). The molecule has 1 amide bonds. The molecule has 0 aliphatic carbocycles. The van der Waals surface area contributed by atoms with E-state index >= 15 is 0 Å². The third-order valence-electron chi connectivity index (χ3n) is 2.40. The van der Waals surface area contributed by atoms with Crippen LogP contribution >= 0.6 is 0 Å². The Kier molecular flexibility index (Phi) is 2.74. The number of carboxylic acid groups (broad SMARTS) is 1. The second kappa shape index (κ2) is 4.21. The lowest BCUT2D eigenvalue weighted by molar-refractivity contribution is 0.209. The van der Waals surface area contributed by atoms with Gasteiger partial charge in [0.2, 0.25) is 0 Å². The molecule has 2 aromatic rings. The summed E-state index contributed by atoms with van der Waals surface area (Å²) < 4.78 is 5.18. The van der Waals surface area contributed by atoms with Crippen molar-refractivity contribution in [3.05, 3.63) is 30.3 Å². The number of ether oxygens (including phenoxy) is 1. The number of rotatable bonds is 2. The van der Waals surface area contributed by atoms with E-state index in [0.29, 0.717) is 16.8 Å². The van der Waals surface area contributed by atoms with Crippen LogP contribution in [0.2, 0.25) is 0 Å². The lowest BCUT2D eigenvalue weighted by Gasteiger charge is -2.11. The molecule has 0 fully saturated rings. The van der Waals surface area contributed by atoms with Crippen LogP contribution in [0.25, 0.3) is 10.8 Å². The van der Waals surface area contributed by atoms with Crippen LogP contribution in [0.4, 0.5) is 10.5 Å². The number of aromatic hydroxyl groups is 1. The van der Waals surface area contributed by atoms with Gasteiger partial charge in [-0.1, -0.05) is 12.1 Å². The Morgan fingerprint density at radius 3 is 2.65 bits per heavy atom. The van der Waals surface area contributed by atoms with E-state index in [1.54, 1.807) is 24.3 Å². The summed E-state index contributed by atoms with van der Waals surface area (Å²) in [5.41, 5.74) is 0.345. The van der Waals surface area contributed by atoms with Crippen molar-refractivity contribution in [1.82, 2.24) is 0 Å². The van der Waals surface area contributed by atoms with Crippen molar-refractivity contribution in [2.75, 3.05) is 12.4 Å². The quantitative estimate of drug-likeness (QED) is 0.745. The maximum absolute atomic E-state index is 10.6. The van der Waals surface area contributed by atoms with Crippen LogP contribution in [0.1, 0.15) is 0 Å². The van der Waals surface area contributed by atoms with E-state index in [2.05, 4.69) is 5.32 Å². The van der Waals surface area contributed by atoms with Crippen LogP contribution in [-0.2, 0) is 0 Å². The van der Waals surface area contributed by atoms with Crippen molar-refractivity contribution in [3.8, 4) is 11.5 Å². The Labute approximate surface area is 97.3 Å². The number of carbonyl (C=O) groups is 1. The molecule has 0 saturated carbocycles. The fourth-order valence-corrected chi connectivity index (χ4v) is 1.71. The van der Waals surface area contributed by atoms with Crippen LogP contribution in [-0.4, -0.2) is 23.4 Å². The van der Waals surface area contributed by atoms with Crippen LogP contribution in [0.3, 0.4) is 0 Å².